The lowest BCUT2D eigenvalue weighted by Crippen LogP contribution is -2.23. The van der Waals surface area contributed by atoms with Crippen LogP contribution in [-0.4, -0.2) is 17.6 Å². The molecule has 0 spiro atoms. The molecule has 0 radical (unpaired) electrons. The van der Waals surface area contributed by atoms with Crippen LogP contribution in [0.4, 0.5) is 0 Å². The molecular formula is C9H10ClNO2S. The van der Waals surface area contributed by atoms with E-state index in [-0.39, 0.29) is 17.6 Å². The normalized spacial score (nSPS) is 9.86. The molecule has 0 saturated carbocycles. The van der Waals surface area contributed by atoms with Crippen molar-refractivity contribution in [3.63, 3.8) is 0 Å². The second-order valence-corrected chi connectivity index (χ2v) is 4.17. The fourth-order valence-electron chi connectivity index (χ4n) is 0.895. The van der Waals surface area contributed by atoms with Gasteiger partial charge >= 0.3 is 0 Å². The van der Waals surface area contributed by atoms with Crippen molar-refractivity contribution in [2.75, 3.05) is 5.88 Å². The van der Waals surface area contributed by atoms with Gasteiger partial charge in [0.25, 0.3) is 0 Å². The summed E-state index contributed by atoms with van der Waals surface area (Å²) in [5, 5.41) is 2.63. The van der Waals surface area contributed by atoms with Crippen LogP contribution in [0.2, 0.25) is 0 Å². The molecule has 1 heterocycles. The number of hydrogen-bond donors (Lipinski definition) is 1. The highest BCUT2D eigenvalue weighted by atomic mass is 35.5. The molecule has 0 unspecified atom stereocenters. The van der Waals surface area contributed by atoms with Gasteiger partial charge in [-0.3, -0.25) is 9.59 Å². The van der Waals surface area contributed by atoms with Crippen LogP contribution in [0.15, 0.2) is 12.1 Å². The number of thiophene rings is 1. The van der Waals surface area contributed by atoms with Crippen LogP contribution < -0.4 is 5.32 Å². The highest BCUT2D eigenvalue weighted by molar-refractivity contribution is 7.14. The molecule has 0 fully saturated rings. The summed E-state index contributed by atoms with van der Waals surface area (Å²) in [6, 6.07) is 3.59. The van der Waals surface area contributed by atoms with Crippen molar-refractivity contribution < 1.29 is 9.59 Å². The van der Waals surface area contributed by atoms with Crippen molar-refractivity contribution in [3.05, 3.63) is 21.9 Å². The Labute approximate surface area is 91.1 Å². The first-order valence-corrected chi connectivity index (χ1v) is 5.41. The number of ketones is 1. The van der Waals surface area contributed by atoms with E-state index in [0.717, 1.165) is 4.88 Å². The molecule has 0 aliphatic rings. The minimum Gasteiger partial charge on any atom is -0.350 e. The topological polar surface area (TPSA) is 46.2 Å². The highest BCUT2D eigenvalue weighted by Gasteiger charge is 2.05. The molecule has 0 atom stereocenters. The third kappa shape index (κ3) is 3.12. The van der Waals surface area contributed by atoms with Crippen molar-refractivity contribution in [2.45, 2.75) is 13.5 Å². The Bertz CT molecular complexity index is 348. The van der Waals surface area contributed by atoms with Crippen molar-refractivity contribution >= 4 is 34.6 Å². The molecule has 5 heteroatoms. The quantitative estimate of drug-likeness (QED) is 0.635. The first-order chi connectivity index (χ1) is 6.63. The minimum atomic E-state index is -0.204. The number of Topliss-reactive ketones (excluding diaryl/α,β-unsaturated/α-hetero) is 1. The summed E-state index contributed by atoms with van der Waals surface area (Å²) < 4.78 is 0. The Morgan fingerprint density at radius 3 is 2.71 bits per heavy atom. The molecule has 0 bridgehead atoms. The maximum absolute atomic E-state index is 11.0. The zero-order chi connectivity index (χ0) is 10.6. The molecule has 1 N–H and O–H groups in total. The van der Waals surface area contributed by atoms with Gasteiger partial charge in [0.15, 0.2) is 5.78 Å². The minimum absolute atomic E-state index is 0.0368. The van der Waals surface area contributed by atoms with Crippen molar-refractivity contribution in [1.82, 2.24) is 5.32 Å². The molecule has 1 aromatic rings. The Balaban J connectivity index is 2.52. The molecule has 1 aromatic heterocycles. The first-order valence-electron chi connectivity index (χ1n) is 4.06. The SMILES string of the molecule is CC(=O)c1ccc(CNC(=O)CCl)s1. The van der Waals surface area contributed by atoms with Crippen LogP contribution in [0.1, 0.15) is 21.5 Å². The van der Waals surface area contributed by atoms with Gasteiger partial charge in [0.05, 0.1) is 11.4 Å². The fourth-order valence-corrected chi connectivity index (χ4v) is 1.83. The summed E-state index contributed by atoms with van der Waals surface area (Å²) in [6.07, 6.45) is 0. The van der Waals surface area contributed by atoms with Crippen LogP contribution >= 0.6 is 22.9 Å². The summed E-state index contributed by atoms with van der Waals surface area (Å²) in [7, 11) is 0. The Morgan fingerprint density at radius 1 is 1.50 bits per heavy atom. The van der Waals surface area contributed by atoms with Gasteiger partial charge < -0.3 is 5.32 Å². The summed E-state index contributed by atoms with van der Waals surface area (Å²) in [4.78, 5) is 23.4. The zero-order valence-corrected chi connectivity index (χ0v) is 9.24. The number of hydrogen-bond acceptors (Lipinski definition) is 3. The molecule has 0 aliphatic heterocycles. The lowest BCUT2D eigenvalue weighted by Gasteiger charge is -1.98. The van der Waals surface area contributed by atoms with E-state index in [2.05, 4.69) is 5.32 Å². The zero-order valence-electron chi connectivity index (χ0n) is 7.67. The second kappa shape index (κ2) is 5.12. The molecule has 0 aliphatic carbocycles. The largest absolute Gasteiger partial charge is 0.350 e. The first kappa shape index (κ1) is 11.2. The number of amides is 1. The molecule has 3 nitrogen and oxygen atoms in total. The predicted molar refractivity (Wildman–Crippen MR) is 56.9 cm³/mol. The van der Waals surface area contributed by atoms with E-state index in [1.54, 1.807) is 6.07 Å². The van der Waals surface area contributed by atoms with Gasteiger partial charge in [0.1, 0.15) is 5.88 Å². The average molecular weight is 232 g/mol. The third-order valence-electron chi connectivity index (χ3n) is 1.59. The Morgan fingerprint density at radius 2 is 2.21 bits per heavy atom. The Hall–Kier alpha value is -0.870. The smallest absolute Gasteiger partial charge is 0.235 e. The van der Waals surface area contributed by atoms with Gasteiger partial charge in [-0.05, 0) is 19.1 Å². The maximum atomic E-state index is 11.0. The van der Waals surface area contributed by atoms with E-state index in [9.17, 15) is 9.59 Å². The van der Waals surface area contributed by atoms with E-state index >= 15 is 0 Å². The summed E-state index contributed by atoms with van der Waals surface area (Å²) in [6.45, 7) is 1.95. The van der Waals surface area contributed by atoms with Crippen molar-refractivity contribution in [1.29, 1.82) is 0 Å². The van der Waals surface area contributed by atoms with E-state index in [1.807, 2.05) is 6.07 Å². The fraction of sp³-hybridized carbons (Fsp3) is 0.333. The molecule has 1 rings (SSSR count). The van der Waals surface area contributed by atoms with Crippen molar-refractivity contribution in [3.8, 4) is 0 Å². The average Bonchev–Trinajstić information content (AvgIpc) is 2.62. The summed E-state index contributed by atoms with van der Waals surface area (Å²) >= 11 is 6.70. The molecular weight excluding hydrogens is 222 g/mol. The van der Waals surface area contributed by atoms with Crippen molar-refractivity contribution in [2.24, 2.45) is 0 Å². The van der Waals surface area contributed by atoms with Gasteiger partial charge in [0, 0.05) is 4.88 Å². The number of carbonyl (C=O) groups is 2. The van der Waals surface area contributed by atoms with Gasteiger partial charge in [-0.15, -0.1) is 22.9 Å². The molecule has 1 amide bonds. The van der Waals surface area contributed by atoms with Crippen LogP contribution in [0, 0.1) is 0 Å². The molecule has 0 aromatic carbocycles. The molecule has 76 valence electrons. The van der Waals surface area contributed by atoms with Gasteiger partial charge in [-0.25, -0.2) is 0 Å². The van der Waals surface area contributed by atoms with Gasteiger partial charge in [0.2, 0.25) is 5.91 Å². The molecule has 14 heavy (non-hydrogen) atoms. The monoisotopic (exact) mass is 231 g/mol. The maximum Gasteiger partial charge on any atom is 0.235 e. The van der Waals surface area contributed by atoms with E-state index in [1.165, 1.54) is 18.3 Å². The van der Waals surface area contributed by atoms with Crippen LogP contribution in [-0.2, 0) is 11.3 Å². The standard InChI is InChI=1S/C9H10ClNO2S/c1-6(12)8-3-2-7(14-8)5-11-9(13)4-10/h2-3H,4-5H2,1H3,(H,11,13). The van der Waals surface area contributed by atoms with E-state index < -0.39 is 0 Å². The van der Waals surface area contributed by atoms with E-state index in [4.69, 9.17) is 11.6 Å². The highest BCUT2D eigenvalue weighted by Crippen LogP contribution is 2.16. The second-order valence-electron chi connectivity index (χ2n) is 2.73. The number of halogens is 1. The Kier molecular flexibility index (Phi) is 4.10. The lowest BCUT2D eigenvalue weighted by molar-refractivity contribution is -0.118. The van der Waals surface area contributed by atoms with Gasteiger partial charge in [-0.1, -0.05) is 0 Å². The lowest BCUT2D eigenvalue weighted by atomic mass is 10.3. The molecule has 0 saturated heterocycles. The predicted octanol–water partition coefficient (Wildman–Crippen LogP) is 1.81. The number of rotatable bonds is 4. The number of carbonyl (C=O) groups excluding carboxylic acids is 2. The number of alkyl halides is 1. The third-order valence-corrected chi connectivity index (χ3v) is 3.02. The van der Waals surface area contributed by atoms with Crippen LogP contribution in [0.5, 0.6) is 0 Å². The summed E-state index contributed by atoms with van der Waals surface area (Å²) in [5.74, 6) is -0.195. The summed E-state index contributed by atoms with van der Waals surface area (Å²) in [5.41, 5.74) is 0. The van der Waals surface area contributed by atoms with Crippen LogP contribution in [0.25, 0.3) is 0 Å². The van der Waals surface area contributed by atoms with Gasteiger partial charge in [-0.2, -0.15) is 0 Å². The van der Waals surface area contributed by atoms with E-state index in [0.29, 0.717) is 11.4 Å². The number of nitrogens with one attached hydrogen (secondary N) is 1. The van der Waals surface area contributed by atoms with Crippen LogP contribution in [0.3, 0.4) is 0 Å².